The molecule has 110 valence electrons. The van der Waals surface area contributed by atoms with Crippen molar-refractivity contribution in [3.05, 3.63) is 24.3 Å². The number of rotatable bonds is 4. The van der Waals surface area contributed by atoms with Gasteiger partial charge in [-0.05, 0) is 37.8 Å². The molecular weight excluding hydrogens is 252 g/mol. The van der Waals surface area contributed by atoms with E-state index in [0.29, 0.717) is 18.6 Å². The first-order valence-corrected chi connectivity index (χ1v) is 7.49. The Balaban J connectivity index is 1.88. The number of benzene rings is 1. The average Bonchev–Trinajstić information content (AvgIpc) is 2.42. The molecule has 4 nitrogen and oxygen atoms in total. The Kier molecular flexibility index (Phi) is 5.27. The van der Waals surface area contributed by atoms with Crippen LogP contribution in [0.25, 0.3) is 0 Å². The van der Waals surface area contributed by atoms with Crippen molar-refractivity contribution in [3.8, 4) is 5.75 Å². The first-order valence-electron chi connectivity index (χ1n) is 7.49. The van der Waals surface area contributed by atoms with E-state index in [4.69, 9.17) is 4.74 Å². The van der Waals surface area contributed by atoms with Crippen LogP contribution in [-0.2, 0) is 0 Å². The lowest BCUT2D eigenvalue weighted by Crippen LogP contribution is -2.43. The molecule has 0 saturated heterocycles. The van der Waals surface area contributed by atoms with Gasteiger partial charge in [-0.1, -0.05) is 25.8 Å². The van der Waals surface area contributed by atoms with E-state index in [0.717, 1.165) is 17.9 Å². The maximum absolute atomic E-state index is 12.0. The van der Waals surface area contributed by atoms with Crippen molar-refractivity contribution in [2.24, 2.45) is 5.92 Å². The topological polar surface area (TPSA) is 50.4 Å². The third kappa shape index (κ3) is 4.15. The summed E-state index contributed by atoms with van der Waals surface area (Å²) in [6.45, 7) is 4.77. The third-order valence-electron chi connectivity index (χ3n) is 3.83. The number of urea groups is 1. The van der Waals surface area contributed by atoms with Crippen molar-refractivity contribution in [2.75, 3.05) is 11.9 Å². The summed E-state index contributed by atoms with van der Waals surface area (Å²) in [7, 11) is 0. The molecule has 0 heterocycles. The lowest BCUT2D eigenvalue weighted by molar-refractivity contribution is 0.232. The maximum atomic E-state index is 12.0. The van der Waals surface area contributed by atoms with Crippen molar-refractivity contribution in [3.63, 3.8) is 0 Å². The number of amides is 2. The van der Waals surface area contributed by atoms with Crippen LogP contribution in [-0.4, -0.2) is 18.7 Å². The van der Waals surface area contributed by atoms with E-state index < -0.39 is 0 Å². The van der Waals surface area contributed by atoms with E-state index in [-0.39, 0.29) is 6.03 Å². The molecule has 2 atom stereocenters. The van der Waals surface area contributed by atoms with E-state index in [1.807, 2.05) is 31.2 Å². The quantitative estimate of drug-likeness (QED) is 0.879. The molecule has 1 saturated carbocycles. The Morgan fingerprint density at radius 3 is 2.90 bits per heavy atom. The van der Waals surface area contributed by atoms with Gasteiger partial charge < -0.3 is 15.4 Å². The van der Waals surface area contributed by atoms with Gasteiger partial charge in [-0.15, -0.1) is 0 Å². The number of hydrogen-bond acceptors (Lipinski definition) is 2. The van der Waals surface area contributed by atoms with Crippen molar-refractivity contribution >= 4 is 11.7 Å². The van der Waals surface area contributed by atoms with Crippen molar-refractivity contribution in [2.45, 2.75) is 45.6 Å². The average molecular weight is 276 g/mol. The van der Waals surface area contributed by atoms with Gasteiger partial charge in [0, 0.05) is 17.8 Å². The van der Waals surface area contributed by atoms with E-state index >= 15 is 0 Å². The Bertz CT molecular complexity index is 448. The van der Waals surface area contributed by atoms with Crippen molar-refractivity contribution < 1.29 is 9.53 Å². The molecule has 1 fully saturated rings. The second-order valence-electron chi connectivity index (χ2n) is 5.43. The Morgan fingerprint density at radius 2 is 2.15 bits per heavy atom. The lowest BCUT2D eigenvalue weighted by Gasteiger charge is -2.29. The summed E-state index contributed by atoms with van der Waals surface area (Å²) in [4.78, 5) is 12.0. The summed E-state index contributed by atoms with van der Waals surface area (Å²) in [5.41, 5.74) is 0.761. The minimum atomic E-state index is -0.127. The van der Waals surface area contributed by atoms with E-state index in [9.17, 15) is 4.79 Å². The number of carbonyl (C=O) groups excluding carboxylic acids is 1. The van der Waals surface area contributed by atoms with Gasteiger partial charge >= 0.3 is 6.03 Å². The standard InChI is InChI=1S/C16H24N2O2/c1-3-20-14-9-6-8-13(11-14)17-16(19)18-15-10-5-4-7-12(15)2/h6,8-9,11-12,15H,3-5,7,10H2,1-2H3,(H2,17,18,19). The molecule has 2 N–H and O–H groups in total. The zero-order chi connectivity index (χ0) is 14.4. The molecular formula is C16H24N2O2. The molecule has 0 radical (unpaired) electrons. The van der Waals surface area contributed by atoms with Gasteiger partial charge in [0.15, 0.2) is 0 Å². The number of hydrogen-bond donors (Lipinski definition) is 2. The highest BCUT2D eigenvalue weighted by Gasteiger charge is 2.22. The fourth-order valence-corrected chi connectivity index (χ4v) is 2.70. The largest absolute Gasteiger partial charge is 0.494 e. The van der Waals surface area contributed by atoms with E-state index in [1.54, 1.807) is 0 Å². The second kappa shape index (κ2) is 7.17. The zero-order valence-electron chi connectivity index (χ0n) is 12.3. The van der Waals surface area contributed by atoms with Crippen molar-refractivity contribution in [1.82, 2.24) is 5.32 Å². The molecule has 2 amide bonds. The molecule has 0 spiro atoms. The molecule has 1 aromatic rings. The maximum Gasteiger partial charge on any atom is 0.319 e. The van der Waals surface area contributed by atoms with Crippen LogP contribution in [0.5, 0.6) is 5.75 Å². The molecule has 0 aromatic heterocycles. The number of carbonyl (C=O) groups is 1. The van der Waals surface area contributed by atoms with Gasteiger partial charge in [-0.25, -0.2) is 4.79 Å². The highest BCUT2D eigenvalue weighted by atomic mass is 16.5. The first-order chi connectivity index (χ1) is 9.69. The fraction of sp³-hybridized carbons (Fsp3) is 0.562. The normalized spacial score (nSPS) is 22.1. The lowest BCUT2D eigenvalue weighted by atomic mass is 9.86. The van der Waals surface area contributed by atoms with Crippen LogP contribution < -0.4 is 15.4 Å². The highest BCUT2D eigenvalue weighted by Crippen LogP contribution is 2.24. The smallest absolute Gasteiger partial charge is 0.319 e. The molecule has 0 aliphatic heterocycles. The molecule has 1 aromatic carbocycles. The van der Waals surface area contributed by atoms with Gasteiger partial charge in [-0.2, -0.15) is 0 Å². The van der Waals surface area contributed by atoms with E-state index in [2.05, 4.69) is 17.6 Å². The summed E-state index contributed by atoms with van der Waals surface area (Å²) in [6, 6.07) is 7.63. The molecule has 0 bridgehead atoms. The van der Waals surface area contributed by atoms with Crippen LogP contribution in [0.2, 0.25) is 0 Å². The van der Waals surface area contributed by atoms with Crippen LogP contribution in [0.4, 0.5) is 10.5 Å². The summed E-state index contributed by atoms with van der Waals surface area (Å²) in [5.74, 6) is 1.33. The third-order valence-corrected chi connectivity index (χ3v) is 3.83. The Morgan fingerprint density at radius 1 is 1.35 bits per heavy atom. The molecule has 1 aliphatic rings. The fourth-order valence-electron chi connectivity index (χ4n) is 2.70. The van der Waals surface area contributed by atoms with Crippen LogP contribution in [0.1, 0.15) is 39.5 Å². The van der Waals surface area contributed by atoms with Gasteiger partial charge in [0.2, 0.25) is 0 Å². The van der Waals surface area contributed by atoms with Gasteiger partial charge in [0.05, 0.1) is 6.61 Å². The van der Waals surface area contributed by atoms with Gasteiger partial charge in [0.25, 0.3) is 0 Å². The molecule has 4 heteroatoms. The SMILES string of the molecule is CCOc1cccc(NC(=O)NC2CCCCC2C)c1. The zero-order valence-corrected chi connectivity index (χ0v) is 12.3. The van der Waals surface area contributed by atoms with Crippen LogP contribution in [0.15, 0.2) is 24.3 Å². The van der Waals surface area contributed by atoms with Crippen molar-refractivity contribution in [1.29, 1.82) is 0 Å². The van der Waals surface area contributed by atoms with E-state index in [1.165, 1.54) is 19.3 Å². The summed E-state index contributed by atoms with van der Waals surface area (Å²) >= 11 is 0. The molecule has 1 aliphatic carbocycles. The monoisotopic (exact) mass is 276 g/mol. The Hall–Kier alpha value is -1.71. The van der Waals surface area contributed by atoms with Gasteiger partial charge in [0.1, 0.15) is 5.75 Å². The summed E-state index contributed by atoms with van der Waals surface area (Å²) in [6.07, 6.45) is 4.75. The predicted octanol–water partition coefficient (Wildman–Crippen LogP) is 3.79. The summed E-state index contributed by atoms with van der Waals surface area (Å²) < 4.78 is 5.42. The van der Waals surface area contributed by atoms with Crippen LogP contribution in [0.3, 0.4) is 0 Å². The minimum absolute atomic E-state index is 0.127. The number of anilines is 1. The highest BCUT2D eigenvalue weighted by molar-refractivity contribution is 5.89. The van der Waals surface area contributed by atoms with Crippen LogP contribution >= 0.6 is 0 Å². The van der Waals surface area contributed by atoms with Gasteiger partial charge in [-0.3, -0.25) is 0 Å². The molecule has 20 heavy (non-hydrogen) atoms. The predicted molar refractivity (Wildman–Crippen MR) is 81.2 cm³/mol. The minimum Gasteiger partial charge on any atom is -0.494 e. The number of ether oxygens (including phenoxy) is 1. The molecule has 2 rings (SSSR count). The molecule has 2 unspecified atom stereocenters. The second-order valence-corrected chi connectivity index (χ2v) is 5.43. The first kappa shape index (κ1) is 14.7. The summed E-state index contributed by atoms with van der Waals surface area (Å²) in [5, 5.41) is 5.96. The van der Waals surface area contributed by atoms with Crippen LogP contribution in [0, 0.1) is 5.92 Å². The Labute approximate surface area is 120 Å². The number of nitrogens with one attached hydrogen (secondary N) is 2.